The lowest BCUT2D eigenvalue weighted by molar-refractivity contribution is 0.0943. The summed E-state index contributed by atoms with van der Waals surface area (Å²) in [5, 5.41) is 12.1. The molecular formula is C23H27FN4O3S. The maximum atomic E-state index is 14.0. The molecule has 0 saturated heterocycles. The Morgan fingerprint density at radius 1 is 1.09 bits per heavy atom. The maximum absolute atomic E-state index is 14.0. The number of benzene rings is 2. The number of carbonyl (C=O) groups is 1. The van der Waals surface area contributed by atoms with E-state index in [4.69, 9.17) is 9.47 Å². The lowest BCUT2D eigenvalue weighted by atomic mass is 10.1. The number of hydrogen-bond acceptors (Lipinski definition) is 6. The number of aromatic nitrogens is 3. The molecule has 0 aliphatic rings. The molecule has 0 bridgehead atoms. The highest BCUT2D eigenvalue weighted by molar-refractivity contribution is 7.98. The standard InChI is InChI=1S/C23H27FN4O3S/c1-15(2)13-28-20(26-27-23(28)32-14-16-8-5-6-9-17(16)24)12-25-22(29)21-18(30-3)10-7-11-19(21)31-4/h5-11,15H,12-14H2,1-4H3,(H,25,29). The van der Waals surface area contributed by atoms with Crippen LogP contribution in [0.2, 0.25) is 0 Å². The van der Waals surface area contributed by atoms with Crippen molar-refractivity contribution in [1.82, 2.24) is 20.1 Å². The van der Waals surface area contributed by atoms with Gasteiger partial charge in [0.25, 0.3) is 5.91 Å². The Kier molecular flexibility index (Phi) is 8.10. The van der Waals surface area contributed by atoms with Crippen LogP contribution in [0.25, 0.3) is 0 Å². The van der Waals surface area contributed by atoms with Crippen LogP contribution in [0.1, 0.15) is 35.6 Å². The predicted molar refractivity (Wildman–Crippen MR) is 122 cm³/mol. The monoisotopic (exact) mass is 458 g/mol. The summed E-state index contributed by atoms with van der Waals surface area (Å²) in [4.78, 5) is 12.9. The van der Waals surface area contributed by atoms with Crippen molar-refractivity contribution < 1.29 is 18.7 Å². The first-order valence-corrected chi connectivity index (χ1v) is 11.2. The van der Waals surface area contributed by atoms with Gasteiger partial charge in [-0.15, -0.1) is 10.2 Å². The molecule has 0 spiro atoms. The Morgan fingerprint density at radius 2 is 1.78 bits per heavy atom. The van der Waals surface area contributed by atoms with Crippen molar-refractivity contribution in [2.45, 2.75) is 37.8 Å². The lowest BCUT2D eigenvalue weighted by Crippen LogP contribution is -2.26. The number of nitrogens with zero attached hydrogens (tertiary/aromatic N) is 3. The van der Waals surface area contributed by atoms with E-state index in [-0.39, 0.29) is 18.3 Å². The van der Waals surface area contributed by atoms with Gasteiger partial charge in [0.15, 0.2) is 11.0 Å². The van der Waals surface area contributed by atoms with Crippen molar-refractivity contribution in [2.24, 2.45) is 5.92 Å². The van der Waals surface area contributed by atoms with Crippen molar-refractivity contribution >= 4 is 17.7 Å². The molecule has 2 aromatic carbocycles. The van der Waals surface area contributed by atoms with E-state index < -0.39 is 0 Å². The zero-order valence-corrected chi connectivity index (χ0v) is 19.4. The minimum atomic E-state index is -0.334. The Hall–Kier alpha value is -3.07. The van der Waals surface area contributed by atoms with Crippen LogP contribution in [0.15, 0.2) is 47.6 Å². The Balaban J connectivity index is 1.77. The summed E-state index contributed by atoms with van der Waals surface area (Å²) >= 11 is 1.42. The number of amides is 1. The summed E-state index contributed by atoms with van der Waals surface area (Å²) in [6.45, 7) is 5.04. The van der Waals surface area contributed by atoms with Crippen molar-refractivity contribution in [3.63, 3.8) is 0 Å². The van der Waals surface area contributed by atoms with E-state index in [0.29, 0.717) is 51.8 Å². The zero-order valence-electron chi connectivity index (χ0n) is 18.6. The topological polar surface area (TPSA) is 78.3 Å². The number of ether oxygens (including phenoxy) is 2. The van der Waals surface area contributed by atoms with Crippen LogP contribution >= 0.6 is 11.8 Å². The number of hydrogen-bond donors (Lipinski definition) is 1. The summed E-state index contributed by atoms with van der Waals surface area (Å²) in [6, 6.07) is 11.8. The molecule has 9 heteroatoms. The number of carbonyl (C=O) groups excluding carboxylic acids is 1. The van der Waals surface area contributed by atoms with Crippen LogP contribution in [-0.2, 0) is 18.8 Å². The van der Waals surface area contributed by atoms with Gasteiger partial charge in [-0.3, -0.25) is 4.79 Å². The fraction of sp³-hybridized carbons (Fsp3) is 0.348. The van der Waals surface area contributed by atoms with E-state index in [2.05, 4.69) is 29.4 Å². The van der Waals surface area contributed by atoms with Gasteiger partial charge in [-0.1, -0.05) is 49.9 Å². The van der Waals surface area contributed by atoms with Gasteiger partial charge >= 0.3 is 0 Å². The first kappa shape index (κ1) is 23.6. The third kappa shape index (κ3) is 5.59. The fourth-order valence-corrected chi connectivity index (χ4v) is 4.14. The molecule has 0 aliphatic carbocycles. The first-order valence-electron chi connectivity index (χ1n) is 10.2. The number of rotatable bonds is 10. The average molecular weight is 459 g/mol. The van der Waals surface area contributed by atoms with E-state index in [1.54, 1.807) is 30.3 Å². The third-order valence-corrected chi connectivity index (χ3v) is 5.73. The maximum Gasteiger partial charge on any atom is 0.259 e. The second kappa shape index (κ2) is 11.0. The van der Waals surface area contributed by atoms with Crippen LogP contribution in [0.5, 0.6) is 11.5 Å². The van der Waals surface area contributed by atoms with Gasteiger partial charge in [0.1, 0.15) is 22.9 Å². The van der Waals surface area contributed by atoms with Crippen molar-refractivity contribution in [3.05, 3.63) is 65.2 Å². The summed E-state index contributed by atoms with van der Waals surface area (Å²) in [7, 11) is 3.01. The molecular weight excluding hydrogens is 431 g/mol. The van der Waals surface area contributed by atoms with Crippen molar-refractivity contribution in [1.29, 1.82) is 0 Å². The zero-order chi connectivity index (χ0) is 23.1. The first-order chi connectivity index (χ1) is 15.4. The van der Waals surface area contributed by atoms with Gasteiger partial charge < -0.3 is 19.4 Å². The molecule has 1 heterocycles. The second-order valence-corrected chi connectivity index (χ2v) is 8.45. The van der Waals surface area contributed by atoms with E-state index in [0.717, 1.165) is 0 Å². The Morgan fingerprint density at radius 3 is 2.41 bits per heavy atom. The number of methoxy groups -OCH3 is 2. The SMILES string of the molecule is COc1cccc(OC)c1C(=O)NCc1nnc(SCc2ccccc2F)n1CC(C)C. The molecule has 3 aromatic rings. The number of halogens is 1. The minimum absolute atomic E-state index is 0.181. The van der Waals surface area contributed by atoms with E-state index in [1.165, 1.54) is 32.0 Å². The van der Waals surface area contributed by atoms with Gasteiger partial charge in [0.05, 0.1) is 20.8 Å². The smallest absolute Gasteiger partial charge is 0.259 e. The molecule has 1 amide bonds. The molecule has 0 saturated carbocycles. The van der Waals surface area contributed by atoms with Gasteiger partial charge in [-0.05, 0) is 29.7 Å². The van der Waals surface area contributed by atoms with E-state index in [9.17, 15) is 9.18 Å². The van der Waals surface area contributed by atoms with Crippen LogP contribution in [-0.4, -0.2) is 34.9 Å². The van der Waals surface area contributed by atoms with Gasteiger partial charge in [0.2, 0.25) is 0 Å². The summed E-state index contributed by atoms with van der Waals surface area (Å²) in [5.74, 6) is 1.66. The van der Waals surface area contributed by atoms with Crippen LogP contribution in [0, 0.1) is 11.7 Å². The number of nitrogens with one attached hydrogen (secondary N) is 1. The van der Waals surface area contributed by atoms with Crippen LogP contribution < -0.4 is 14.8 Å². The summed E-state index contributed by atoms with van der Waals surface area (Å²) in [6.07, 6.45) is 0. The molecule has 32 heavy (non-hydrogen) atoms. The van der Waals surface area contributed by atoms with Crippen molar-refractivity contribution in [2.75, 3.05) is 14.2 Å². The van der Waals surface area contributed by atoms with E-state index >= 15 is 0 Å². The molecule has 3 rings (SSSR count). The summed E-state index contributed by atoms with van der Waals surface area (Å²) < 4.78 is 26.6. The fourth-order valence-electron chi connectivity index (χ4n) is 3.19. The second-order valence-electron chi connectivity index (χ2n) is 7.50. The molecule has 1 aromatic heterocycles. The Labute approximate surface area is 191 Å². The Bertz CT molecular complexity index is 1050. The summed E-state index contributed by atoms with van der Waals surface area (Å²) in [5.41, 5.74) is 0.927. The van der Waals surface area contributed by atoms with Crippen LogP contribution in [0.4, 0.5) is 4.39 Å². The molecule has 1 N–H and O–H groups in total. The molecule has 0 fully saturated rings. The van der Waals surface area contributed by atoms with Gasteiger partial charge in [0, 0.05) is 12.3 Å². The molecule has 0 atom stereocenters. The normalized spacial score (nSPS) is 10.9. The van der Waals surface area contributed by atoms with E-state index in [1.807, 2.05) is 10.6 Å². The lowest BCUT2D eigenvalue weighted by Gasteiger charge is -2.15. The van der Waals surface area contributed by atoms with Gasteiger partial charge in [-0.2, -0.15) is 0 Å². The molecule has 0 radical (unpaired) electrons. The predicted octanol–water partition coefficient (Wildman–Crippen LogP) is 4.31. The van der Waals surface area contributed by atoms with Gasteiger partial charge in [-0.25, -0.2) is 4.39 Å². The molecule has 0 aliphatic heterocycles. The molecule has 0 unspecified atom stereocenters. The highest BCUT2D eigenvalue weighted by Gasteiger charge is 2.20. The third-order valence-electron chi connectivity index (χ3n) is 4.72. The molecule has 170 valence electrons. The average Bonchev–Trinajstić information content (AvgIpc) is 3.16. The van der Waals surface area contributed by atoms with Crippen molar-refractivity contribution in [3.8, 4) is 11.5 Å². The number of thioether (sulfide) groups is 1. The molecule has 7 nitrogen and oxygen atoms in total. The largest absolute Gasteiger partial charge is 0.496 e. The minimum Gasteiger partial charge on any atom is -0.496 e. The highest BCUT2D eigenvalue weighted by atomic mass is 32.2. The quantitative estimate of drug-likeness (QED) is 0.456. The van der Waals surface area contributed by atoms with Crippen LogP contribution in [0.3, 0.4) is 0 Å². The highest BCUT2D eigenvalue weighted by Crippen LogP contribution is 2.28.